The summed E-state index contributed by atoms with van der Waals surface area (Å²) in [5.41, 5.74) is 22.5. The minimum atomic E-state index is -1.01. The van der Waals surface area contributed by atoms with Crippen LogP contribution in [0.25, 0.3) is 21.8 Å². The lowest BCUT2D eigenvalue weighted by atomic mass is 9.89. The Balaban J connectivity index is 1.19. The lowest BCUT2D eigenvalue weighted by Crippen LogP contribution is -2.47. The van der Waals surface area contributed by atoms with Crippen LogP contribution in [0, 0.1) is 17.8 Å². The molecule has 5 atom stereocenters. The molecule has 15 nitrogen and oxygen atoms in total. The molecule has 63 heavy (non-hydrogen) atoms. The van der Waals surface area contributed by atoms with Gasteiger partial charge in [-0.3, -0.25) is 28.8 Å². The zero-order valence-corrected chi connectivity index (χ0v) is 35.3. The Labute approximate surface area is 365 Å². The Morgan fingerprint density at radius 2 is 1.25 bits per heavy atom. The van der Waals surface area contributed by atoms with Gasteiger partial charge in [0.05, 0.1) is 25.0 Å². The predicted octanol–water partition coefficient (Wildman–Crippen LogP) is 3.91. The van der Waals surface area contributed by atoms with Crippen LogP contribution in [0.4, 0.5) is 0 Å². The number of carbonyl (C=O) groups excluding carboxylic acids is 6. The van der Waals surface area contributed by atoms with Crippen molar-refractivity contribution in [3.05, 3.63) is 126 Å². The van der Waals surface area contributed by atoms with E-state index in [-0.39, 0.29) is 56.5 Å². The summed E-state index contributed by atoms with van der Waals surface area (Å²) in [7, 11) is 0. The summed E-state index contributed by atoms with van der Waals surface area (Å²) in [6, 6.07) is 22.6. The van der Waals surface area contributed by atoms with Crippen LogP contribution in [-0.4, -0.2) is 80.2 Å². The van der Waals surface area contributed by atoms with E-state index in [0.29, 0.717) is 31.5 Å². The number of benzene rings is 3. The third kappa shape index (κ3) is 12.9. The molecule has 6 rings (SSSR count). The fourth-order valence-corrected chi connectivity index (χ4v) is 8.12. The summed E-state index contributed by atoms with van der Waals surface area (Å²) in [6.45, 7) is 0.0460. The second kappa shape index (κ2) is 22.4. The standard InChI is InChI=1S/C48H57N9O6/c49-17-9-8-12-31(46(51)61)22-45(60)43(18-30-10-2-1-3-11-30)57-48(63)32(19-34-25-53-41-15-6-4-13-38(34)41)21-37(58)28-55-47(62)33(20-35-26-54-42-16-7-5-14-39(35)42)23-44(59)40(50)24-36-27-52-29-56-36/h1-7,10-11,13-16,25-27,29,31-33,40,43,53-54H,8-9,12,17-24,28,49-50H2,(H2,51,61)(H,52,56)(H,55,62)(H,57,63)/t31-,32-,33+,40+,43-/m1/s1. The summed E-state index contributed by atoms with van der Waals surface area (Å²) >= 11 is 0. The lowest BCUT2D eigenvalue weighted by Gasteiger charge is -2.24. The van der Waals surface area contributed by atoms with Crippen LogP contribution >= 0.6 is 0 Å². The van der Waals surface area contributed by atoms with Crippen molar-refractivity contribution in [3.63, 3.8) is 0 Å². The number of hydrogen-bond acceptors (Lipinski definition) is 9. The van der Waals surface area contributed by atoms with Gasteiger partial charge in [-0.25, -0.2) is 4.98 Å². The average Bonchev–Trinajstić information content (AvgIpc) is 4.06. The first-order valence-corrected chi connectivity index (χ1v) is 21.5. The van der Waals surface area contributed by atoms with Crippen molar-refractivity contribution >= 4 is 56.9 Å². The smallest absolute Gasteiger partial charge is 0.224 e. The molecule has 0 saturated carbocycles. The fraction of sp³-hybridized carbons (Fsp3) is 0.354. The summed E-state index contributed by atoms with van der Waals surface area (Å²) in [6.07, 6.45) is 8.54. The number of aromatic nitrogens is 4. The highest BCUT2D eigenvalue weighted by Crippen LogP contribution is 2.25. The van der Waals surface area contributed by atoms with Gasteiger partial charge in [0.1, 0.15) is 0 Å². The maximum atomic E-state index is 14.4. The number of nitrogens with two attached hydrogens (primary N) is 3. The van der Waals surface area contributed by atoms with E-state index in [4.69, 9.17) is 17.2 Å². The van der Waals surface area contributed by atoms with Crippen molar-refractivity contribution in [1.82, 2.24) is 30.6 Å². The number of hydrogen-bond donors (Lipinski definition) is 8. The van der Waals surface area contributed by atoms with Gasteiger partial charge in [-0.05, 0) is 67.5 Å². The molecule has 330 valence electrons. The number of aromatic amines is 3. The summed E-state index contributed by atoms with van der Waals surface area (Å²) in [4.78, 5) is 95.6. The number of imidazole rings is 1. The van der Waals surface area contributed by atoms with Crippen LogP contribution in [0.5, 0.6) is 0 Å². The Hall–Kier alpha value is -6.71. The van der Waals surface area contributed by atoms with Gasteiger partial charge in [-0.15, -0.1) is 0 Å². The van der Waals surface area contributed by atoms with E-state index in [1.165, 1.54) is 6.33 Å². The number of para-hydroxylation sites is 2. The molecule has 3 heterocycles. The van der Waals surface area contributed by atoms with Crippen LogP contribution in [0.15, 0.2) is 104 Å². The molecule has 15 heteroatoms. The van der Waals surface area contributed by atoms with E-state index in [0.717, 1.165) is 38.5 Å². The molecular weight excluding hydrogens is 799 g/mol. The zero-order valence-electron chi connectivity index (χ0n) is 35.3. The molecule has 0 spiro atoms. The highest BCUT2D eigenvalue weighted by Gasteiger charge is 2.32. The molecule has 0 radical (unpaired) electrons. The molecule has 0 aliphatic rings. The van der Waals surface area contributed by atoms with Crippen LogP contribution in [0.2, 0.25) is 0 Å². The summed E-state index contributed by atoms with van der Waals surface area (Å²) in [5.74, 6) is -5.24. The van der Waals surface area contributed by atoms with Gasteiger partial charge in [0.2, 0.25) is 17.7 Å². The number of primary amides is 1. The number of H-pyrrole nitrogens is 3. The van der Waals surface area contributed by atoms with Crippen LogP contribution in [0.1, 0.15) is 60.9 Å². The Morgan fingerprint density at radius 3 is 1.86 bits per heavy atom. The second-order valence-electron chi connectivity index (χ2n) is 16.3. The van der Waals surface area contributed by atoms with Crippen molar-refractivity contribution in [2.75, 3.05) is 13.1 Å². The van der Waals surface area contributed by atoms with Gasteiger partial charge in [0.15, 0.2) is 17.3 Å². The van der Waals surface area contributed by atoms with Gasteiger partial charge < -0.3 is 42.8 Å². The average molecular weight is 856 g/mol. The SMILES string of the molecule is NCCCC[C@H](CC(=O)[C@@H](Cc1ccccc1)NC(=O)[C@@H](CC(=O)CNC(=O)[C@H](CC(=O)[C@@H](N)Cc1cnc[nH]1)Cc1c[nH]c2ccccc12)Cc1c[nH]c2ccccc12)C(N)=O. The first-order chi connectivity index (χ1) is 30.5. The molecule has 6 aromatic rings. The Bertz CT molecular complexity index is 2480. The molecule has 0 aliphatic carbocycles. The first-order valence-electron chi connectivity index (χ1n) is 21.5. The minimum Gasteiger partial charge on any atom is -0.369 e. The van der Waals surface area contributed by atoms with E-state index in [2.05, 4.69) is 30.6 Å². The molecule has 0 aliphatic heterocycles. The van der Waals surface area contributed by atoms with Gasteiger partial charge in [-0.2, -0.15) is 0 Å². The minimum absolute atomic E-state index is 0.149. The van der Waals surface area contributed by atoms with Gasteiger partial charge in [0.25, 0.3) is 0 Å². The van der Waals surface area contributed by atoms with Gasteiger partial charge in [-0.1, -0.05) is 73.2 Å². The number of unbranched alkanes of at least 4 members (excludes halogenated alkanes) is 1. The molecule has 0 fully saturated rings. The summed E-state index contributed by atoms with van der Waals surface area (Å²) < 4.78 is 0. The maximum Gasteiger partial charge on any atom is 0.224 e. The van der Waals surface area contributed by atoms with Crippen LogP contribution in [0.3, 0.4) is 0 Å². The number of carbonyl (C=O) groups is 6. The number of rotatable bonds is 26. The normalized spacial score (nSPS) is 13.8. The molecule has 3 amide bonds. The molecular formula is C48H57N9O6. The zero-order chi connectivity index (χ0) is 44.7. The second-order valence-corrected chi connectivity index (χ2v) is 16.3. The fourth-order valence-electron chi connectivity index (χ4n) is 8.12. The molecule has 3 aromatic carbocycles. The van der Waals surface area contributed by atoms with Crippen molar-refractivity contribution in [2.24, 2.45) is 35.0 Å². The third-order valence-electron chi connectivity index (χ3n) is 11.7. The highest BCUT2D eigenvalue weighted by atomic mass is 16.2. The number of fused-ring (bicyclic) bond motifs is 2. The maximum absolute atomic E-state index is 14.4. The van der Waals surface area contributed by atoms with Crippen molar-refractivity contribution in [2.45, 2.75) is 76.3 Å². The summed E-state index contributed by atoms with van der Waals surface area (Å²) in [5, 5.41) is 7.49. The molecule has 0 unspecified atom stereocenters. The van der Waals surface area contributed by atoms with Crippen LogP contribution in [-0.2, 0) is 54.5 Å². The third-order valence-corrected chi connectivity index (χ3v) is 11.7. The quantitative estimate of drug-likeness (QED) is 0.0367. The van der Waals surface area contributed by atoms with Gasteiger partial charge in [0, 0.05) is 89.5 Å². The largest absolute Gasteiger partial charge is 0.369 e. The van der Waals surface area contributed by atoms with E-state index in [1.807, 2.05) is 85.1 Å². The van der Waals surface area contributed by atoms with Crippen molar-refractivity contribution in [3.8, 4) is 0 Å². The molecule has 3 aromatic heterocycles. The number of Topliss-reactive ketones (excluding diaryl/α,β-unsaturated/α-hetero) is 3. The predicted molar refractivity (Wildman–Crippen MR) is 241 cm³/mol. The lowest BCUT2D eigenvalue weighted by molar-refractivity contribution is -0.134. The molecule has 0 saturated heterocycles. The van der Waals surface area contributed by atoms with E-state index in [9.17, 15) is 28.8 Å². The molecule has 11 N–H and O–H groups in total. The monoisotopic (exact) mass is 855 g/mol. The number of ketones is 3. The number of nitrogens with zero attached hydrogens (tertiary/aromatic N) is 1. The Morgan fingerprint density at radius 1 is 0.651 bits per heavy atom. The van der Waals surface area contributed by atoms with E-state index < -0.39 is 59.9 Å². The van der Waals surface area contributed by atoms with Crippen molar-refractivity contribution in [1.29, 1.82) is 0 Å². The first kappa shape index (κ1) is 45.8. The topological polar surface area (TPSA) is 265 Å². The number of amides is 3. The van der Waals surface area contributed by atoms with Crippen molar-refractivity contribution < 1.29 is 28.8 Å². The van der Waals surface area contributed by atoms with Gasteiger partial charge >= 0.3 is 0 Å². The Kier molecular flexibility index (Phi) is 16.3. The van der Waals surface area contributed by atoms with Crippen LogP contribution < -0.4 is 27.8 Å². The van der Waals surface area contributed by atoms with E-state index in [1.54, 1.807) is 12.4 Å². The highest BCUT2D eigenvalue weighted by molar-refractivity contribution is 5.96. The number of nitrogens with one attached hydrogen (secondary N) is 5. The van der Waals surface area contributed by atoms with E-state index >= 15 is 0 Å². The molecule has 0 bridgehead atoms.